The van der Waals surface area contributed by atoms with Gasteiger partial charge in [0.1, 0.15) is 11.6 Å². The molecule has 0 radical (unpaired) electrons. The maximum absolute atomic E-state index is 13.3. The topological polar surface area (TPSA) is 57.6 Å². The number of carbonyl (C=O) groups is 2. The molecule has 1 aliphatic rings. The van der Waals surface area contributed by atoms with Crippen LogP contribution in [-0.4, -0.2) is 28.2 Å². The molecule has 1 aliphatic heterocycles. The van der Waals surface area contributed by atoms with Crippen molar-refractivity contribution in [2.24, 2.45) is 0 Å². The first-order chi connectivity index (χ1) is 16.6. The first kappa shape index (κ1) is 24.4. The van der Waals surface area contributed by atoms with E-state index in [0.29, 0.717) is 12.0 Å². The average Bonchev–Trinajstić information content (AvgIpc) is 3.08. The third kappa shape index (κ3) is 5.04. The van der Waals surface area contributed by atoms with E-state index in [2.05, 4.69) is 20.8 Å². The van der Waals surface area contributed by atoms with Crippen molar-refractivity contribution >= 4 is 17.4 Å². The Balaban J connectivity index is 1.77. The molecule has 0 aromatic heterocycles. The Morgan fingerprint density at radius 1 is 0.914 bits per heavy atom. The smallest absolute Gasteiger partial charge is 0.295 e. The number of amides is 1. The van der Waals surface area contributed by atoms with Crippen molar-refractivity contribution in [3.8, 4) is 0 Å². The van der Waals surface area contributed by atoms with E-state index in [0.717, 1.165) is 22.3 Å². The minimum atomic E-state index is -0.717. The Labute approximate surface area is 205 Å². The Morgan fingerprint density at radius 3 is 2.09 bits per heavy atom. The van der Waals surface area contributed by atoms with Crippen LogP contribution in [0.2, 0.25) is 0 Å². The van der Waals surface area contributed by atoms with Gasteiger partial charge in [0, 0.05) is 12.1 Å². The second-order valence-corrected chi connectivity index (χ2v) is 10.1. The molecule has 0 bridgehead atoms. The maximum atomic E-state index is 13.3. The summed E-state index contributed by atoms with van der Waals surface area (Å²) < 4.78 is 13.3. The van der Waals surface area contributed by atoms with E-state index in [9.17, 15) is 19.1 Å². The van der Waals surface area contributed by atoms with Crippen LogP contribution >= 0.6 is 0 Å². The van der Waals surface area contributed by atoms with Crippen molar-refractivity contribution < 1.29 is 19.1 Å². The van der Waals surface area contributed by atoms with E-state index in [1.54, 1.807) is 24.3 Å². The number of aliphatic hydroxyl groups excluding tert-OH is 1. The van der Waals surface area contributed by atoms with Crippen LogP contribution < -0.4 is 0 Å². The zero-order chi connectivity index (χ0) is 25.3. The first-order valence-corrected chi connectivity index (χ1v) is 11.8. The number of ketones is 1. The molecule has 3 aromatic carbocycles. The number of benzene rings is 3. The summed E-state index contributed by atoms with van der Waals surface area (Å²) in [7, 11) is 0. The third-order valence-electron chi connectivity index (χ3n) is 6.51. The Hall–Kier alpha value is -3.73. The van der Waals surface area contributed by atoms with Crippen molar-refractivity contribution in [1.82, 2.24) is 4.90 Å². The molecule has 1 heterocycles. The summed E-state index contributed by atoms with van der Waals surface area (Å²) in [6, 6.07) is 20.4. The molecule has 1 N–H and O–H groups in total. The van der Waals surface area contributed by atoms with Crippen molar-refractivity contribution in [2.75, 3.05) is 6.54 Å². The van der Waals surface area contributed by atoms with Gasteiger partial charge in [0.25, 0.3) is 11.7 Å². The molecule has 180 valence electrons. The highest BCUT2D eigenvalue weighted by atomic mass is 19.1. The highest BCUT2D eigenvalue weighted by Gasteiger charge is 2.45. The fourth-order valence-corrected chi connectivity index (χ4v) is 4.39. The maximum Gasteiger partial charge on any atom is 0.295 e. The number of Topliss-reactive ketones (excluding diaryl/α,β-unsaturated/α-hetero) is 1. The van der Waals surface area contributed by atoms with Crippen molar-refractivity contribution in [1.29, 1.82) is 0 Å². The minimum absolute atomic E-state index is 0.0508. The molecule has 3 aromatic rings. The summed E-state index contributed by atoms with van der Waals surface area (Å²) >= 11 is 0. The van der Waals surface area contributed by atoms with E-state index >= 15 is 0 Å². The predicted octanol–water partition coefficient (Wildman–Crippen LogP) is 6.10. The van der Waals surface area contributed by atoms with Gasteiger partial charge in [0.15, 0.2) is 0 Å². The largest absolute Gasteiger partial charge is 0.507 e. The number of aryl methyl sites for hydroxylation is 1. The van der Waals surface area contributed by atoms with Gasteiger partial charge in [0.05, 0.1) is 11.6 Å². The number of aliphatic hydroxyl groups is 1. The molecule has 1 fully saturated rings. The van der Waals surface area contributed by atoms with Gasteiger partial charge in [-0.2, -0.15) is 0 Å². The number of nitrogens with zero attached hydrogens (tertiary/aromatic N) is 1. The summed E-state index contributed by atoms with van der Waals surface area (Å²) in [5, 5.41) is 11.2. The fraction of sp³-hybridized carbons (Fsp3) is 0.267. The van der Waals surface area contributed by atoms with Crippen molar-refractivity contribution in [3.05, 3.63) is 112 Å². The van der Waals surface area contributed by atoms with Gasteiger partial charge >= 0.3 is 0 Å². The monoisotopic (exact) mass is 471 g/mol. The molecule has 1 unspecified atom stereocenters. The quantitative estimate of drug-likeness (QED) is 0.278. The number of rotatable bonds is 5. The van der Waals surface area contributed by atoms with Crippen LogP contribution in [-0.2, 0) is 21.4 Å². The lowest BCUT2D eigenvalue weighted by Crippen LogP contribution is -2.31. The van der Waals surface area contributed by atoms with Gasteiger partial charge in [-0.1, -0.05) is 87.0 Å². The van der Waals surface area contributed by atoms with Crippen molar-refractivity contribution in [2.45, 2.75) is 45.6 Å². The molecule has 1 atom stereocenters. The van der Waals surface area contributed by atoms with Crippen LogP contribution in [0.4, 0.5) is 4.39 Å². The number of carbonyl (C=O) groups excluding carboxylic acids is 2. The van der Waals surface area contributed by atoms with Crippen LogP contribution in [0.15, 0.2) is 78.4 Å². The Morgan fingerprint density at radius 2 is 1.51 bits per heavy atom. The second kappa shape index (κ2) is 9.49. The standard InChI is InChI=1S/C30H30FNO3/c1-19-5-9-22(10-6-19)27(33)25-26(21-11-13-23(14-12-21)30(2,3)4)32(29(35)28(25)34)18-17-20-7-15-24(31)16-8-20/h5-16,26,33H,17-18H2,1-4H3/b27-25-. The highest BCUT2D eigenvalue weighted by Crippen LogP contribution is 2.40. The Kier molecular flexibility index (Phi) is 6.62. The molecular weight excluding hydrogens is 441 g/mol. The molecule has 0 spiro atoms. The molecule has 4 nitrogen and oxygen atoms in total. The van der Waals surface area contributed by atoms with Gasteiger partial charge in [-0.05, 0) is 47.6 Å². The normalized spacial score (nSPS) is 17.7. The number of hydrogen-bond acceptors (Lipinski definition) is 3. The lowest BCUT2D eigenvalue weighted by molar-refractivity contribution is -0.139. The predicted molar refractivity (Wildman–Crippen MR) is 135 cm³/mol. The minimum Gasteiger partial charge on any atom is -0.507 e. The first-order valence-electron chi connectivity index (χ1n) is 11.8. The van der Waals surface area contributed by atoms with Crippen LogP contribution in [0.25, 0.3) is 5.76 Å². The molecular formula is C30H30FNO3. The molecule has 0 aliphatic carbocycles. The SMILES string of the molecule is Cc1ccc(/C(O)=C2/C(=O)C(=O)N(CCc3ccc(F)cc3)C2c2ccc(C(C)(C)C)cc2)cc1. The number of hydrogen-bond donors (Lipinski definition) is 1. The van der Waals surface area contributed by atoms with E-state index in [1.165, 1.54) is 17.0 Å². The van der Waals surface area contributed by atoms with Gasteiger partial charge in [-0.15, -0.1) is 0 Å². The average molecular weight is 472 g/mol. The van der Waals surface area contributed by atoms with Crippen LogP contribution in [0.3, 0.4) is 0 Å². The van der Waals surface area contributed by atoms with E-state index in [-0.39, 0.29) is 29.1 Å². The fourth-order valence-electron chi connectivity index (χ4n) is 4.39. The Bertz CT molecular complexity index is 1270. The summed E-state index contributed by atoms with van der Waals surface area (Å²) in [5.41, 5.74) is 4.28. The van der Waals surface area contributed by atoms with Gasteiger partial charge in [-0.25, -0.2) is 4.39 Å². The molecule has 5 heteroatoms. The highest BCUT2D eigenvalue weighted by molar-refractivity contribution is 6.46. The molecule has 1 saturated heterocycles. The zero-order valence-corrected chi connectivity index (χ0v) is 20.5. The van der Waals surface area contributed by atoms with Crippen LogP contribution in [0, 0.1) is 12.7 Å². The van der Waals surface area contributed by atoms with E-state index in [1.807, 2.05) is 43.3 Å². The van der Waals surface area contributed by atoms with E-state index in [4.69, 9.17) is 0 Å². The zero-order valence-electron chi connectivity index (χ0n) is 20.5. The molecule has 0 saturated carbocycles. The summed E-state index contributed by atoms with van der Waals surface area (Å²) in [5.74, 6) is -1.86. The third-order valence-corrected chi connectivity index (χ3v) is 6.51. The lowest BCUT2D eigenvalue weighted by Gasteiger charge is -2.26. The lowest BCUT2D eigenvalue weighted by atomic mass is 9.85. The molecule has 4 rings (SSSR count). The molecule has 1 amide bonds. The van der Waals surface area contributed by atoms with Gasteiger partial charge in [0.2, 0.25) is 0 Å². The van der Waals surface area contributed by atoms with Crippen LogP contribution in [0.5, 0.6) is 0 Å². The second-order valence-electron chi connectivity index (χ2n) is 10.1. The van der Waals surface area contributed by atoms with Gasteiger partial charge in [-0.3, -0.25) is 9.59 Å². The summed E-state index contributed by atoms with van der Waals surface area (Å²) in [6.45, 7) is 8.55. The van der Waals surface area contributed by atoms with Crippen molar-refractivity contribution in [3.63, 3.8) is 0 Å². The van der Waals surface area contributed by atoms with Crippen LogP contribution in [0.1, 0.15) is 54.6 Å². The summed E-state index contributed by atoms with van der Waals surface area (Å²) in [6.07, 6.45) is 0.453. The molecule has 35 heavy (non-hydrogen) atoms. The van der Waals surface area contributed by atoms with E-state index < -0.39 is 17.7 Å². The van der Waals surface area contributed by atoms with Gasteiger partial charge < -0.3 is 10.0 Å². The number of halogens is 1. The number of likely N-dealkylation sites (tertiary alicyclic amines) is 1. The summed E-state index contributed by atoms with van der Waals surface area (Å²) in [4.78, 5) is 27.9.